The Bertz CT molecular complexity index is 640. The number of rotatable bonds is 5. The summed E-state index contributed by atoms with van der Waals surface area (Å²) in [7, 11) is 0. The quantitative estimate of drug-likeness (QED) is 0.442. The van der Waals surface area contributed by atoms with Crippen LogP contribution in [-0.2, 0) is 5.75 Å². The number of aliphatic imine (C=N–C) groups is 1. The van der Waals surface area contributed by atoms with Gasteiger partial charge in [0, 0.05) is 21.7 Å². The first-order valence-electron chi connectivity index (χ1n) is 7.53. The summed E-state index contributed by atoms with van der Waals surface area (Å²) >= 11 is 9.53. The lowest BCUT2D eigenvalue weighted by Crippen LogP contribution is -2.14. The van der Waals surface area contributed by atoms with Gasteiger partial charge in [0.1, 0.15) is 4.38 Å². The molecule has 0 amide bonds. The molecule has 2 aromatic rings. The molecule has 0 aliphatic rings. The summed E-state index contributed by atoms with van der Waals surface area (Å²) in [6.45, 7) is 6.71. The summed E-state index contributed by atoms with van der Waals surface area (Å²) in [5, 5.41) is 0.768. The van der Waals surface area contributed by atoms with Crippen molar-refractivity contribution >= 4 is 45.2 Å². The van der Waals surface area contributed by atoms with E-state index >= 15 is 0 Å². The van der Waals surface area contributed by atoms with Crippen LogP contribution >= 0.6 is 35.1 Å². The lowest BCUT2D eigenvalue weighted by Gasteiger charge is -2.22. The van der Waals surface area contributed by atoms with Crippen molar-refractivity contribution in [3.05, 3.63) is 59.4 Å². The van der Waals surface area contributed by atoms with Crippen LogP contribution in [0.4, 0.5) is 5.69 Å². The number of hydrogen-bond acceptors (Lipinski definition) is 4. The first-order chi connectivity index (χ1) is 11.0. The van der Waals surface area contributed by atoms with E-state index in [0.29, 0.717) is 0 Å². The lowest BCUT2D eigenvalue weighted by molar-refractivity contribution is 0.689. The Morgan fingerprint density at radius 3 is 2.57 bits per heavy atom. The van der Waals surface area contributed by atoms with Gasteiger partial charge >= 0.3 is 0 Å². The summed E-state index contributed by atoms with van der Waals surface area (Å²) < 4.78 is 1.23. The van der Waals surface area contributed by atoms with Crippen LogP contribution in [0.25, 0.3) is 0 Å². The van der Waals surface area contributed by atoms with E-state index < -0.39 is 0 Å². The van der Waals surface area contributed by atoms with Gasteiger partial charge in [-0.25, -0.2) is 4.99 Å². The molecule has 0 atom stereocenters. The molecule has 122 valence electrons. The summed E-state index contributed by atoms with van der Waals surface area (Å²) in [4.78, 5) is 8.92. The minimum atomic E-state index is 0.161. The lowest BCUT2D eigenvalue weighted by atomic mass is 10.1. The fourth-order valence-electron chi connectivity index (χ4n) is 1.64. The molecule has 1 heterocycles. The zero-order valence-electron chi connectivity index (χ0n) is 13.6. The van der Waals surface area contributed by atoms with Crippen molar-refractivity contribution in [1.29, 1.82) is 0 Å². The summed E-state index contributed by atoms with van der Waals surface area (Å²) in [5.41, 5.74) is 2.14. The Balaban J connectivity index is 2.13. The summed E-state index contributed by atoms with van der Waals surface area (Å²) in [5.74, 6) is 0.878. The van der Waals surface area contributed by atoms with Gasteiger partial charge in [0.05, 0.1) is 11.9 Å². The summed E-state index contributed by atoms with van der Waals surface area (Å²) in [6.07, 6.45) is 4.65. The van der Waals surface area contributed by atoms with E-state index in [1.807, 2.05) is 36.0 Å². The van der Waals surface area contributed by atoms with Gasteiger partial charge in [0.15, 0.2) is 0 Å². The molecule has 1 aromatic heterocycles. The maximum absolute atomic E-state index is 5.95. The third-order valence-corrected chi connectivity index (χ3v) is 6.14. The maximum Gasteiger partial charge on any atom is 0.131 e. The van der Waals surface area contributed by atoms with Crippen molar-refractivity contribution < 1.29 is 0 Å². The second-order valence-electron chi connectivity index (χ2n) is 5.72. The number of pyridine rings is 1. The predicted octanol–water partition coefficient (Wildman–Crippen LogP) is 6.58. The van der Waals surface area contributed by atoms with Crippen LogP contribution < -0.4 is 0 Å². The number of halogens is 1. The largest absolute Gasteiger partial charge is 0.262 e. The fraction of sp³-hybridized carbons (Fsp3) is 0.333. The number of benzene rings is 1. The minimum absolute atomic E-state index is 0.161. The van der Waals surface area contributed by atoms with Crippen molar-refractivity contribution in [2.75, 3.05) is 0 Å². The number of aromatic nitrogens is 1. The average molecular weight is 365 g/mol. The van der Waals surface area contributed by atoms with Gasteiger partial charge in [-0.15, -0.1) is 0 Å². The monoisotopic (exact) mass is 364 g/mol. The van der Waals surface area contributed by atoms with E-state index in [0.717, 1.165) is 27.3 Å². The van der Waals surface area contributed by atoms with E-state index in [4.69, 9.17) is 16.6 Å². The molecule has 2 nitrogen and oxygen atoms in total. The molecule has 0 aliphatic heterocycles. The third kappa shape index (κ3) is 6.58. The molecule has 1 aromatic carbocycles. The normalized spacial score (nSPS) is 12.4. The standard InChI is InChI=1S/C18H21ClN2S2/c1-4-18(2,3)23-17(21-16-6-5-11-20-12-16)22-13-14-7-9-15(19)10-8-14/h5-12H,4,13H2,1-3H3. The molecule has 0 radical (unpaired) electrons. The highest BCUT2D eigenvalue weighted by Crippen LogP contribution is 2.35. The first kappa shape index (κ1) is 18.4. The van der Waals surface area contributed by atoms with E-state index in [1.54, 1.807) is 24.2 Å². The summed E-state index contributed by atoms with van der Waals surface area (Å²) in [6, 6.07) is 11.9. The number of hydrogen-bond donors (Lipinski definition) is 0. The molecule has 0 saturated heterocycles. The Morgan fingerprint density at radius 1 is 1.22 bits per heavy atom. The van der Waals surface area contributed by atoms with Crippen molar-refractivity contribution in [1.82, 2.24) is 4.98 Å². The Hall–Kier alpha value is -0.970. The number of nitrogens with zero attached hydrogens (tertiary/aromatic N) is 2. The van der Waals surface area contributed by atoms with Gasteiger partial charge in [0.25, 0.3) is 0 Å². The third-order valence-electron chi connectivity index (χ3n) is 3.36. The Morgan fingerprint density at radius 2 is 1.96 bits per heavy atom. The zero-order chi connectivity index (χ0) is 16.7. The van der Waals surface area contributed by atoms with Gasteiger partial charge in [-0.2, -0.15) is 0 Å². The minimum Gasteiger partial charge on any atom is -0.262 e. The van der Waals surface area contributed by atoms with Crippen molar-refractivity contribution in [3.63, 3.8) is 0 Å². The highest BCUT2D eigenvalue weighted by atomic mass is 35.5. The van der Waals surface area contributed by atoms with Crippen LogP contribution in [-0.4, -0.2) is 14.1 Å². The molecular formula is C18H21ClN2S2. The highest BCUT2D eigenvalue weighted by molar-refractivity contribution is 8.39. The van der Waals surface area contributed by atoms with Gasteiger partial charge in [-0.3, -0.25) is 4.98 Å². The molecule has 23 heavy (non-hydrogen) atoms. The smallest absolute Gasteiger partial charge is 0.131 e. The molecule has 0 bridgehead atoms. The number of thioether (sulfide) groups is 2. The first-order valence-corrected chi connectivity index (χ1v) is 9.71. The zero-order valence-corrected chi connectivity index (χ0v) is 16.0. The van der Waals surface area contributed by atoms with E-state index in [1.165, 1.54) is 5.56 Å². The molecule has 0 fully saturated rings. The molecule has 0 unspecified atom stereocenters. The second-order valence-corrected chi connectivity index (χ2v) is 9.07. The van der Waals surface area contributed by atoms with Crippen molar-refractivity contribution in [3.8, 4) is 0 Å². The molecule has 0 aliphatic carbocycles. The van der Waals surface area contributed by atoms with Gasteiger partial charge < -0.3 is 0 Å². The van der Waals surface area contributed by atoms with Gasteiger partial charge in [-0.05, 0) is 36.2 Å². The molecule has 0 spiro atoms. The highest BCUT2D eigenvalue weighted by Gasteiger charge is 2.19. The van der Waals surface area contributed by atoms with E-state index in [2.05, 4.69) is 37.9 Å². The van der Waals surface area contributed by atoms with Gasteiger partial charge in [0.2, 0.25) is 0 Å². The van der Waals surface area contributed by atoms with Crippen LogP contribution in [0.3, 0.4) is 0 Å². The van der Waals surface area contributed by atoms with Crippen LogP contribution in [0, 0.1) is 0 Å². The van der Waals surface area contributed by atoms with Crippen molar-refractivity contribution in [2.45, 2.75) is 37.7 Å². The van der Waals surface area contributed by atoms with E-state index in [-0.39, 0.29) is 4.75 Å². The molecule has 0 saturated carbocycles. The second kappa shape index (κ2) is 8.76. The Labute approximate surface area is 152 Å². The van der Waals surface area contributed by atoms with Crippen LogP contribution in [0.5, 0.6) is 0 Å². The predicted molar refractivity (Wildman–Crippen MR) is 106 cm³/mol. The molecule has 2 rings (SSSR count). The van der Waals surface area contributed by atoms with Crippen LogP contribution in [0.2, 0.25) is 5.02 Å². The fourth-order valence-corrected chi connectivity index (χ4v) is 4.28. The molecular weight excluding hydrogens is 344 g/mol. The van der Waals surface area contributed by atoms with Crippen LogP contribution in [0.15, 0.2) is 53.8 Å². The van der Waals surface area contributed by atoms with Crippen molar-refractivity contribution in [2.24, 2.45) is 4.99 Å². The molecule has 0 N–H and O–H groups in total. The Kier molecular flexibility index (Phi) is 7.00. The SMILES string of the molecule is CCC(C)(C)SC(=Nc1cccnc1)SCc1ccc(Cl)cc1. The van der Waals surface area contributed by atoms with Gasteiger partial charge in [-0.1, -0.05) is 68.0 Å². The topological polar surface area (TPSA) is 25.2 Å². The molecule has 5 heteroatoms. The maximum atomic E-state index is 5.95. The van der Waals surface area contributed by atoms with Crippen LogP contribution in [0.1, 0.15) is 32.8 Å². The average Bonchev–Trinajstić information content (AvgIpc) is 2.55. The van der Waals surface area contributed by atoms with E-state index in [9.17, 15) is 0 Å².